The van der Waals surface area contributed by atoms with Gasteiger partial charge in [0.05, 0.1) is 17.2 Å². The molecular weight excluding hydrogens is 282 g/mol. The van der Waals surface area contributed by atoms with Gasteiger partial charge in [0.1, 0.15) is 0 Å². The van der Waals surface area contributed by atoms with Crippen molar-refractivity contribution in [2.24, 2.45) is 11.7 Å². The Bertz CT molecular complexity index is 793. The highest BCUT2D eigenvalue weighted by Crippen LogP contribution is 2.39. The number of benzene rings is 2. The summed E-state index contributed by atoms with van der Waals surface area (Å²) in [6.45, 7) is 3.24. The Balaban J connectivity index is 1.81. The minimum Gasteiger partial charge on any atom is -0.362 e. The van der Waals surface area contributed by atoms with Crippen molar-refractivity contribution in [1.29, 1.82) is 0 Å². The number of nitrogens with two attached hydrogens (primary N) is 1. The summed E-state index contributed by atoms with van der Waals surface area (Å²) in [5.41, 5.74) is 10.2. The van der Waals surface area contributed by atoms with Gasteiger partial charge in [-0.2, -0.15) is 0 Å². The summed E-state index contributed by atoms with van der Waals surface area (Å²) >= 11 is 0. The second kappa shape index (κ2) is 5.74. The lowest BCUT2D eigenvalue weighted by Crippen LogP contribution is -2.47. The maximum Gasteiger partial charge on any atom is 0.0691 e. The third-order valence-corrected chi connectivity index (χ3v) is 5.15. The molecule has 3 N–H and O–H groups in total. The smallest absolute Gasteiger partial charge is 0.0691 e. The van der Waals surface area contributed by atoms with Crippen LogP contribution in [0.15, 0.2) is 60.8 Å². The Labute approximate surface area is 137 Å². The van der Waals surface area contributed by atoms with Gasteiger partial charge in [-0.15, -0.1) is 0 Å². The SMILES string of the molecule is CC1CN(c2cccc3cc[nH]c23)C(c2ccccc2)CC1N. The van der Waals surface area contributed by atoms with Crippen LogP contribution in [0.5, 0.6) is 0 Å². The summed E-state index contributed by atoms with van der Waals surface area (Å²) in [6, 6.07) is 20.0. The van der Waals surface area contributed by atoms with Crippen molar-refractivity contribution in [2.75, 3.05) is 11.4 Å². The number of hydrogen-bond donors (Lipinski definition) is 2. The molecule has 118 valence electrons. The Kier molecular flexibility index (Phi) is 3.58. The standard InChI is InChI=1S/C20H23N3/c1-14-13-23(18-9-5-8-16-10-11-22-20(16)18)19(12-17(14)21)15-6-3-2-4-7-15/h2-11,14,17,19,22H,12-13,21H2,1H3. The Hall–Kier alpha value is -2.26. The van der Waals surface area contributed by atoms with Crippen LogP contribution < -0.4 is 10.6 Å². The quantitative estimate of drug-likeness (QED) is 0.749. The van der Waals surface area contributed by atoms with Crippen LogP contribution in [0.4, 0.5) is 5.69 Å². The Morgan fingerprint density at radius 2 is 1.87 bits per heavy atom. The number of hydrogen-bond acceptors (Lipinski definition) is 2. The molecule has 2 heterocycles. The number of fused-ring (bicyclic) bond motifs is 1. The summed E-state index contributed by atoms with van der Waals surface area (Å²) in [6.07, 6.45) is 3.01. The van der Waals surface area contributed by atoms with Crippen LogP contribution in [0.2, 0.25) is 0 Å². The number of piperidine rings is 1. The minimum absolute atomic E-state index is 0.249. The number of rotatable bonds is 2. The van der Waals surface area contributed by atoms with Gasteiger partial charge in [-0.1, -0.05) is 49.4 Å². The molecule has 1 aromatic heterocycles. The van der Waals surface area contributed by atoms with E-state index in [0.29, 0.717) is 12.0 Å². The first-order valence-corrected chi connectivity index (χ1v) is 8.37. The zero-order chi connectivity index (χ0) is 15.8. The predicted molar refractivity (Wildman–Crippen MR) is 96.6 cm³/mol. The fourth-order valence-electron chi connectivity index (χ4n) is 3.76. The van der Waals surface area contributed by atoms with Crippen molar-refractivity contribution < 1.29 is 0 Å². The summed E-state index contributed by atoms with van der Waals surface area (Å²) in [5, 5.41) is 1.26. The molecule has 0 spiro atoms. The average Bonchev–Trinajstić information content (AvgIpc) is 3.06. The summed E-state index contributed by atoms with van der Waals surface area (Å²) in [4.78, 5) is 5.94. The molecular formula is C20H23N3. The summed E-state index contributed by atoms with van der Waals surface area (Å²) in [5.74, 6) is 0.486. The van der Waals surface area contributed by atoms with Gasteiger partial charge in [0, 0.05) is 24.2 Å². The molecule has 0 radical (unpaired) electrons. The molecule has 3 atom stereocenters. The molecule has 1 saturated heterocycles. The van der Waals surface area contributed by atoms with Crippen LogP contribution in [0.3, 0.4) is 0 Å². The predicted octanol–water partition coefficient (Wildman–Crippen LogP) is 4.08. The summed E-state index contributed by atoms with van der Waals surface area (Å²) < 4.78 is 0. The van der Waals surface area contributed by atoms with Gasteiger partial charge in [-0.25, -0.2) is 0 Å². The highest BCUT2D eigenvalue weighted by atomic mass is 15.2. The molecule has 0 saturated carbocycles. The molecule has 3 heteroatoms. The fraction of sp³-hybridized carbons (Fsp3) is 0.300. The zero-order valence-corrected chi connectivity index (χ0v) is 13.4. The molecule has 1 aliphatic heterocycles. The second-order valence-corrected chi connectivity index (χ2v) is 6.67. The van der Waals surface area contributed by atoms with Crippen LogP contribution >= 0.6 is 0 Å². The molecule has 0 aliphatic carbocycles. The van der Waals surface area contributed by atoms with Crippen LogP contribution in [0.25, 0.3) is 10.9 Å². The van der Waals surface area contributed by atoms with E-state index in [1.165, 1.54) is 22.2 Å². The van der Waals surface area contributed by atoms with Gasteiger partial charge in [0.25, 0.3) is 0 Å². The minimum atomic E-state index is 0.249. The summed E-state index contributed by atoms with van der Waals surface area (Å²) in [7, 11) is 0. The lowest BCUT2D eigenvalue weighted by atomic mass is 9.85. The number of nitrogens with one attached hydrogen (secondary N) is 1. The molecule has 3 nitrogen and oxygen atoms in total. The molecule has 4 rings (SSSR count). The Morgan fingerprint density at radius 1 is 1.04 bits per heavy atom. The average molecular weight is 305 g/mol. The van der Waals surface area contributed by atoms with Crippen molar-refractivity contribution in [1.82, 2.24) is 4.98 Å². The van der Waals surface area contributed by atoms with Crippen molar-refractivity contribution in [3.05, 3.63) is 66.4 Å². The number of nitrogens with zero attached hydrogens (tertiary/aromatic N) is 1. The van der Waals surface area contributed by atoms with Crippen LogP contribution in [0.1, 0.15) is 24.9 Å². The van der Waals surface area contributed by atoms with E-state index in [-0.39, 0.29) is 6.04 Å². The highest BCUT2D eigenvalue weighted by Gasteiger charge is 2.33. The number of anilines is 1. The number of H-pyrrole nitrogens is 1. The normalized spacial score (nSPS) is 25.0. The molecule has 0 amide bonds. The maximum absolute atomic E-state index is 6.40. The molecule has 0 bridgehead atoms. The molecule has 1 fully saturated rings. The Morgan fingerprint density at radius 3 is 2.70 bits per heavy atom. The van der Waals surface area contributed by atoms with E-state index in [0.717, 1.165) is 13.0 Å². The van der Waals surface area contributed by atoms with E-state index in [1.807, 2.05) is 6.20 Å². The second-order valence-electron chi connectivity index (χ2n) is 6.67. The van der Waals surface area contributed by atoms with Crippen LogP contribution in [0, 0.1) is 5.92 Å². The highest BCUT2D eigenvalue weighted by molar-refractivity contribution is 5.91. The largest absolute Gasteiger partial charge is 0.362 e. The molecule has 1 aliphatic rings. The third kappa shape index (κ3) is 2.51. The monoisotopic (exact) mass is 305 g/mol. The first-order chi connectivity index (χ1) is 11.2. The number of para-hydroxylation sites is 1. The van der Waals surface area contributed by atoms with Gasteiger partial charge >= 0.3 is 0 Å². The van der Waals surface area contributed by atoms with Gasteiger partial charge < -0.3 is 15.6 Å². The van der Waals surface area contributed by atoms with E-state index >= 15 is 0 Å². The van der Waals surface area contributed by atoms with Gasteiger partial charge in [-0.3, -0.25) is 0 Å². The number of aromatic amines is 1. The van der Waals surface area contributed by atoms with Crippen molar-refractivity contribution in [3.63, 3.8) is 0 Å². The van der Waals surface area contributed by atoms with Crippen LogP contribution in [-0.4, -0.2) is 17.6 Å². The van der Waals surface area contributed by atoms with Gasteiger partial charge in [-0.05, 0) is 30.0 Å². The van der Waals surface area contributed by atoms with E-state index in [9.17, 15) is 0 Å². The molecule has 23 heavy (non-hydrogen) atoms. The lowest BCUT2D eigenvalue weighted by molar-refractivity contribution is 0.330. The first kappa shape index (κ1) is 14.3. The molecule has 2 aromatic carbocycles. The number of aromatic nitrogens is 1. The first-order valence-electron chi connectivity index (χ1n) is 8.37. The van der Waals surface area contributed by atoms with Crippen LogP contribution in [-0.2, 0) is 0 Å². The van der Waals surface area contributed by atoms with E-state index < -0.39 is 0 Å². The van der Waals surface area contributed by atoms with E-state index in [2.05, 4.69) is 71.4 Å². The molecule has 3 unspecified atom stereocenters. The maximum atomic E-state index is 6.40. The fourth-order valence-corrected chi connectivity index (χ4v) is 3.76. The van der Waals surface area contributed by atoms with Gasteiger partial charge in [0.15, 0.2) is 0 Å². The van der Waals surface area contributed by atoms with E-state index in [4.69, 9.17) is 5.73 Å². The van der Waals surface area contributed by atoms with E-state index in [1.54, 1.807) is 0 Å². The van der Waals surface area contributed by atoms with Crippen molar-refractivity contribution >= 4 is 16.6 Å². The lowest BCUT2D eigenvalue weighted by Gasteiger charge is -2.43. The topological polar surface area (TPSA) is 45.0 Å². The molecule has 3 aromatic rings. The van der Waals surface area contributed by atoms with Gasteiger partial charge in [0.2, 0.25) is 0 Å². The van der Waals surface area contributed by atoms with Crippen molar-refractivity contribution in [2.45, 2.75) is 25.4 Å². The zero-order valence-electron chi connectivity index (χ0n) is 13.4. The third-order valence-electron chi connectivity index (χ3n) is 5.15. The van der Waals surface area contributed by atoms with Crippen molar-refractivity contribution in [3.8, 4) is 0 Å².